The van der Waals surface area contributed by atoms with E-state index in [1.807, 2.05) is 51.1 Å². The van der Waals surface area contributed by atoms with Gasteiger partial charge in [0.25, 0.3) is 0 Å². The molecule has 2 aromatic rings. The molecule has 5 N–H and O–H groups in total. The fourth-order valence-corrected chi connectivity index (χ4v) is 1.75. The molecule has 0 bridgehead atoms. The number of nitrogens with two attached hydrogens (primary N) is 1. The Kier molecular flexibility index (Phi) is 5.42. The molecule has 122 valence electrons. The summed E-state index contributed by atoms with van der Waals surface area (Å²) < 4.78 is 0. The lowest BCUT2D eigenvalue weighted by atomic mass is 10.1. The van der Waals surface area contributed by atoms with Gasteiger partial charge >= 0.3 is 0 Å². The van der Waals surface area contributed by atoms with Crippen LogP contribution >= 0.6 is 0 Å². The summed E-state index contributed by atoms with van der Waals surface area (Å²) in [7, 11) is 0. The molecular formula is C15H22N8. The van der Waals surface area contributed by atoms with Crippen LogP contribution in [-0.4, -0.2) is 26.7 Å². The zero-order valence-corrected chi connectivity index (χ0v) is 13.5. The molecule has 1 aromatic heterocycles. The van der Waals surface area contributed by atoms with Gasteiger partial charge in [0.2, 0.25) is 17.8 Å². The molecule has 23 heavy (non-hydrogen) atoms. The summed E-state index contributed by atoms with van der Waals surface area (Å²) in [6, 6.07) is 10.0. The van der Waals surface area contributed by atoms with Gasteiger partial charge in [-0.3, -0.25) is 5.43 Å². The van der Waals surface area contributed by atoms with E-state index in [1.165, 1.54) is 5.56 Å². The van der Waals surface area contributed by atoms with Crippen LogP contribution in [0.5, 0.6) is 0 Å². The first-order valence-corrected chi connectivity index (χ1v) is 7.28. The van der Waals surface area contributed by atoms with Crippen LogP contribution < -0.4 is 22.0 Å². The maximum Gasteiger partial charge on any atom is 0.250 e. The number of hydrogen-bond acceptors (Lipinski definition) is 8. The highest BCUT2D eigenvalue weighted by molar-refractivity contribution is 5.62. The molecule has 0 amide bonds. The second-order valence-electron chi connectivity index (χ2n) is 5.94. The molecule has 0 fully saturated rings. The monoisotopic (exact) mass is 314 g/mol. The van der Waals surface area contributed by atoms with Gasteiger partial charge in [0, 0.05) is 18.2 Å². The molecule has 1 aromatic carbocycles. The molecule has 2 rings (SSSR count). The fraction of sp³-hybridized carbons (Fsp3) is 0.333. The van der Waals surface area contributed by atoms with Crippen LogP contribution in [0.15, 0.2) is 35.4 Å². The van der Waals surface area contributed by atoms with Gasteiger partial charge in [-0.05, 0) is 26.3 Å². The van der Waals surface area contributed by atoms with E-state index < -0.39 is 0 Å². The minimum Gasteiger partial charge on any atom is -0.349 e. The summed E-state index contributed by atoms with van der Waals surface area (Å²) in [4.78, 5) is 12.5. The number of aromatic nitrogens is 3. The Bertz CT molecular complexity index is 648. The normalized spacial score (nSPS) is 11.5. The maximum absolute atomic E-state index is 5.39. The lowest BCUT2D eigenvalue weighted by molar-refractivity contribution is 0.625. The Morgan fingerprint density at radius 1 is 1.04 bits per heavy atom. The first-order chi connectivity index (χ1) is 11.0. The summed E-state index contributed by atoms with van der Waals surface area (Å²) in [5.41, 5.74) is 6.20. The van der Waals surface area contributed by atoms with Crippen LogP contribution in [0.3, 0.4) is 0 Å². The van der Waals surface area contributed by atoms with Gasteiger partial charge in [-0.15, -0.1) is 0 Å². The Morgan fingerprint density at radius 3 is 2.35 bits per heavy atom. The predicted molar refractivity (Wildman–Crippen MR) is 93.3 cm³/mol. The van der Waals surface area contributed by atoms with Crippen LogP contribution in [0, 0.1) is 0 Å². The zero-order chi connectivity index (χ0) is 16.7. The summed E-state index contributed by atoms with van der Waals surface area (Å²) in [6.45, 7) is 6.03. The summed E-state index contributed by atoms with van der Waals surface area (Å²) in [6.07, 6.45) is 2.47. The van der Waals surface area contributed by atoms with E-state index in [-0.39, 0.29) is 11.5 Å². The fourth-order valence-electron chi connectivity index (χ4n) is 1.75. The average Bonchev–Trinajstić information content (AvgIpc) is 2.50. The molecule has 0 saturated heterocycles. The quantitative estimate of drug-likeness (QED) is 0.366. The molecule has 0 aliphatic rings. The molecule has 0 atom stereocenters. The lowest BCUT2D eigenvalue weighted by Gasteiger charge is -2.20. The molecule has 8 nitrogen and oxygen atoms in total. The molecule has 8 heteroatoms. The highest BCUT2D eigenvalue weighted by atomic mass is 15.4. The van der Waals surface area contributed by atoms with E-state index in [1.54, 1.807) is 6.21 Å². The smallest absolute Gasteiger partial charge is 0.250 e. The van der Waals surface area contributed by atoms with Crippen LogP contribution in [-0.2, 0) is 6.42 Å². The van der Waals surface area contributed by atoms with Gasteiger partial charge in [0.05, 0.1) is 0 Å². The van der Waals surface area contributed by atoms with Crippen LogP contribution in [0.1, 0.15) is 26.3 Å². The van der Waals surface area contributed by atoms with Crippen molar-refractivity contribution in [2.45, 2.75) is 32.7 Å². The standard InChI is InChI=1S/C15H22N8/c1-15(2,3)21-12-18-13(22-16)20-14(19-12)23-17-10-9-11-7-5-4-6-8-11/h4-8,10H,9,16H2,1-3H3,(H3,18,19,20,21,22,23)/b17-10+. The number of benzene rings is 1. The van der Waals surface area contributed by atoms with Crippen molar-refractivity contribution in [3.63, 3.8) is 0 Å². The topological polar surface area (TPSA) is 113 Å². The highest BCUT2D eigenvalue weighted by Gasteiger charge is 2.13. The average molecular weight is 314 g/mol. The number of nitrogens with one attached hydrogen (secondary N) is 3. The van der Waals surface area contributed by atoms with Crippen molar-refractivity contribution in [1.82, 2.24) is 15.0 Å². The van der Waals surface area contributed by atoms with Crippen molar-refractivity contribution in [3.8, 4) is 0 Å². The number of anilines is 3. The number of hydrazone groups is 1. The highest BCUT2D eigenvalue weighted by Crippen LogP contribution is 2.13. The number of hydrazine groups is 1. The van der Waals surface area contributed by atoms with Gasteiger partial charge < -0.3 is 5.32 Å². The van der Waals surface area contributed by atoms with Crippen molar-refractivity contribution >= 4 is 24.1 Å². The summed E-state index contributed by atoms with van der Waals surface area (Å²) in [5.74, 6) is 6.37. The van der Waals surface area contributed by atoms with Crippen molar-refractivity contribution in [2.75, 3.05) is 16.2 Å². The Hall–Kier alpha value is -2.74. The molecule has 1 heterocycles. The molecule has 0 radical (unpaired) electrons. The molecular weight excluding hydrogens is 292 g/mol. The van der Waals surface area contributed by atoms with Crippen molar-refractivity contribution in [1.29, 1.82) is 0 Å². The van der Waals surface area contributed by atoms with Crippen molar-refractivity contribution in [2.24, 2.45) is 10.9 Å². The summed E-state index contributed by atoms with van der Waals surface area (Å²) >= 11 is 0. The molecule has 0 aliphatic carbocycles. The number of hydrogen-bond donors (Lipinski definition) is 4. The van der Waals surface area contributed by atoms with Gasteiger partial charge in [-0.1, -0.05) is 30.3 Å². The van der Waals surface area contributed by atoms with Gasteiger partial charge in [-0.2, -0.15) is 20.1 Å². The Balaban J connectivity index is 2.02. The zero-order valence-electron chi connectivity index (χ0n) is 13.5. The SMILES string of the molecule is CC(C)(C)Nc1nc(NN)nc(N/N=C/Cc2ccccc2)n1. The Morgan fingerprint density at radius 2 is 1.70 bits per heavy atom. The van der Waals surface area contributed by atoms with E-state index in [9.17, 15) is 0 Å². The number of nitrogens with zero attached hydrogens (tertiary/aromatic N) is 4. The third-order valence-corrected chi connectivity index (χ3v) is 2.68. The third-order valence-electron chi connectivity index (χ3n) is 2.68. The number of nitrogen functional groups attached to an aromatic ring is 1. The Labute approximate surface area is 135 Å². The second kappa shape index (κ2) is 7.50. The maximum atomic E-state index is 5.39. The van der Waals surface area contributed by atoms with E-state index in [4.69, 9.17) is 5.84 Å². The first kappa shape index (κ1) is 16.6. The molecule has 0 saturated carbocycles. The third kappa shape index (κ3) is 5.87. The van der Waals surface area contributed by atoms with E-state index >= 15 is 0 Å². The van der Waals surface area contributed by atoms with E-state index in [0.29, 0.717) is 18.3 Å². The van der Waals surface area contributed by atoms with Gasteiger partial charge in [-0.25, -0.2) is 11.3 Å². The molecule has 0 spiro atoms. The minimum atomic E-state index is -0.179. The largest absolute Gasteiger partial charge is 0.349 e. The van der Waals surface area contributed by atoms with Crippen LogP contribution in [0.2, 0.25) is 0 Å². The first-order valence-electron chi connectivity index (χ1n) is 7.28. The molecule has 0 unspecified atom stereocenters. The van der Waals surface area contributed by atoms with Crippen molar-refractivity contribution < 1.29 is 0 Å². The minimum absolute atomic E-state index is 0.179. The van der Waals surface area contributed by atoms with Crippen molar-refractivity contribution in [3.05, 3.63) is 35.9 Å². The lowest BCUT2D eigenvalue weighted by Crippen LogP contribution is -2.28. The van der Waals surface area contributed by atoms with Gasteiger partial charge in [0.1, 0.15) is 0 Å². The van der Waals surface area contributed by atoms with E-state index in [0.717, 1.165) is 0 Å². The van der Waals surface area contributed by atoms with E-state index in [2.05, 4.69) is 36.2 Å². The number of rotatable bonds is 6. The second-order valence-corrected chi connectivity index (χ2v) is 5.94. The predicted octanol–water partition coefficient (Wildman–Crippen LogP) is 2.01. The van der Waals surface area contributed by atoms with Crippen LogP contribution in [0.4, 0.5) is 17.8 Å². The van der Waals surface area contributed by atoms with Gasteiger partial charge in [0.15, 0.2) is 0 Å². The van der Waals surface area contributed by atoms with Crippen LogP contribution in [0.25, 0.3) is 0 Å². The molecule has 0 aliphatic heterocycles. The summed E-state index contributed by atoms with van der Waals surface area (Å²) in [5, 5.41) is 7.29.